The highest BCUT2D eigenvalue weighted by Gasteiger charge is 2.02. The first-order valence-corrected chi connectivity index (χ1v) is 6.30. The van der Waals surface area contributed by atoms with Crippen LogP contribution in [0, 0.1) is 5.82 Å². The Hall–Kier alpha value is -1.49. The van der Waals surface area contributed by atoms with Gasteiger partial charge in [0, 0.05) is 29.6 Å². The van der Waals surface area contributed by atoms with Crippen molar-refractivity contribution in [3.63, 3.8) is 0 Å². The number of hydrogen-bond acceptors (Lipinski definition) is 3. The molecule has 0 aliphatic heterocycles. The fraction of sp³-hybridized carbons (Fsp3) is 0.250. The fourth-order valence-electron chi connectivity index (χ4n) is 1.52. The third kappa shape index (κ3) is 3.00. The molecule has 5 heteroatoms. The summed E-state index contributed by atoms with van der Waals surface area (Å²) in [6.07, 6.45) is 2.69. The van der Waals surface area contributed by atoms with E-state index in [0.717, 1.165) is 17.1 Å². The minimum Gasteiger partial charge on any atom is -0.396 e. The zero-order valence-corrected chi connectivity index (χ0v) is 10.4. The molecule has 1 aromatic heterocycles. The number of thioether (sulfide) groups is 1. The van der Waals surface area contributed by atoms with Crippen LogP contribution < -0.4 is 5.73 Å². The van der Waals surface area contributed by atoms with Crippen LogP contribution >= 0.6 is 11.8 Å². The number of benzene rings is 1. The third-order valence-electron chi connectivity index (χ3n) is 2.52. The number of halogens is 1. The van der Waals surface area contributed by atoms with Crippen LogP contribution in [-0.4, -0.2) is 15.5 Å². The highest BCUT2D eigenvalue weighted by molar-refractivity contribution is 7.99. The van der Waals surface area contributed by atoms with E-state index < -0.39 is 0 Å². The summed E-state index contributed by atoms with van der Waals surface area (Å²) in [5.41, 5.74) is 6.79. The zero-order chi connectivity index (χ0) is 12.3. The highest BCUT2D eigenvalue weighted by Crippen LogP contribution is 2.22. The topological polar surface area (TPSA) is 43.8 Å². The van der Waals surface area contributed by atoms with Crippen molar-refractivity contribution >= 4 is 17.4 Å². The van der Waals surface area contributed by atoms with Crippen LogP contribution in [0.2, 0.25) is 0 Å². The molecule has 0 aliphatic rings. The third-order valence-corrected chi connectivity index (χ3v) is 3.52. The lowest BCUT2D eigenvalue weighted by Crippen LogP contribution is -1.99. The van der Waals surface area contributed by atoms with Crippen LogP contribution in [0.25, 0.3) is 0 Å². The second-order valence-corrected chi connectivity index (χ2v) is 4.90. The van der Waals surface area contributed by atoms with Gasteiger partial charge in [-0.15, -0.1) is 11.8 Å². The highest BCUT2D eigenvalue weighted by atomic mass is 32.2. The summed E-state index contributed by atoms with van der Waals surface area (Å²) in [6, 6.07) is 6.90. The summed E-state index contributed by atoms with van der Waals surface area (Å²) in [6.45, 7) is 0. The van der Waals surface area contributed by atoms with Crippen molar-refractivity contribution in [2.45, 2.75) is 11.3 Å². The minimum absolute atomic E-state index is 0.195. The van der Waals surface area contributed by atoms with Crippen molar-refractivity contribution in [1.82, 2.24) is 9.78 Å². The number of aromatic nitrogens is 2. The summed E-state index contributed by atoms with van der Waals surface area (Å²) in [4.78, 5) is 0.902. The lowest BCUT2D eigenvalue weighted by molar-refractivity contribution is 0.629. The number of anilines is 1. The van der Waals surface area contributed by atoms with Crippen LogP contribution in [0.15, 0.2) is 35.4 Å². The lowest BCUT2D eigenvalue weighted by atomic mass is 10.3. The molecule has 2 aromatic rings. The van der Waals surface area contributed by atoms with Gasteiger partial charge in [-0.1, -0.05) is 0 Å². The van der Waals surface area contributed by atoms with Gasteiger partial charge in [0.2, 0.25) is 0 Å². The summed E-state index contributed by atoms with van der Waals surface area (Å²) >= 11 is 1.61. The predicted octanol–water partition coefficient (Wildman–Crippen LogP) is 2.48. The molecule has 2 rings (SSSR count). The maximum atomic E-state index is 13.2. The molecular weight excluding hydrogens is 237 g/mol. The van der Waals surface area contributed by atoms with Crippen molar-refractivity contribution in [2.24, 2.45) is 7.05 Å². The Morgan fingerprint density at radius 1 is 1.41 bits per heavy atom. The molecule has 17 heavy (non-hydrogen) atoms. The maximum Gasteiger partial charge on any atom is 0.147 e. The van der Waals surface area contributed by atoms with E-state index in [2.05, 4.69) is 5.10 Å². The van der Waals surface area contributed by atoms with E-state index in [4.69, 9.17) is 5.73 Å². The molecular formula is C12H14FN3S. The Labute approximate surface area is 104 Å². The van der Waals surface area contributed by atoms with E-state index in [1.807, 2.05) is 23.9 Å². The molecule has 0 bridgehead atoms. The number of aryl methyl sites for hydroxylation is 2. The number of rotatable bonds is 4. The maximum absolute atomic E-state index is 13.2. The first-order chi connectivity index (χ1) is 8.16. The quantitative estimate of drug-likeness (QED) is 0.670. The fourth-order valence-corrected chi connectivity index (χ4v) is 2.42. The van der Waals surface area contributed by atoms with E-state index >= 15 is 0 Å². The smallest absolute Gasteiger partial charge is 0.147 e. The van der Waals surface area contributed by atoms with Gasteiger partial charge in [0.25, 0.3) is 0 Å². The zero-order valence-electron chi connectivity index (χ0n) is 9.56. The SMILES string of the molecule is Cn1nccc1CCSc1ccc(N)c(F)c1. The number of hydrogen-bond donors (Lipinski definition) is 1. The largest absolute Gasteiger partial charge is 0.396 e. The van der Waals surface area contributed by atoms with E-state index in [1.165, 1.54) is 11.8 Å². The normalized spacial score (nSPS) is 10.7. The Balaban J connectivity index is 1.90. The predicted molar refractivity (Wildman–Crippen MR) is 68.4 cm³/mol. The molecule has 0 amide bonds. The van der Waals surface area contributed by atoms with Gasteiger partial charge >= 0.3 is 0 Å². The Kier molecular flexibility index (Phi) is 3.68. The molecule has 3 nitrogen and oxygen atoms in total. The van der Waals surface area contributed by atoms with Gasteiger partial charge < -0.3 is 5.73 Å². The number of nitrogens with two attached hydrogens (primary N) is 1. The minimum atomic E-state index is -0.351. The average molecular weight is 251 g/mol. The average Bonchev–Trinajstić information content (AvgIpc) is 2.70. The van der Waals surface area contributed by atoms with Gasteiger partial charge in [-0.3, -0.25) is 4.68 Å². The van der Waals surface area contributed by atoms with E-state index in [9.17, 15) is 4.39 Å². The lowest BCUT2D eigenvalue weighted by Gasteiger charge is -2.04. The Morgan fingerprint density at radius 2 is 2.24 bits per heavy atom. The molecule has 0 radical (unpaired) electrons. The molecule has 0 saturated carbocycles. The molecule has 2 N–H and O–H groups in total. The first-order valence-electron chi connectivity index (χ1n) is 5.31. The second-order valence-electron chi connectivity index (χ2n) is 3.73. The van der Waals surface area contributed by atoms with Gasteiger partial charge in [-0.25, -0.2) is 4.39 Å². The van der Waals surface area contributed by atoms with Crippen LogP contribution in [0.1, 0.15) is 5.69 Å². The van der Waals surface area contributed by atoms with Gasteiger partial charge in [-0.05, 0) is 30.7 Å². The van der Waals surface area contributed by atoms with Crippen LogP contribution in [-0.2, 0) is 13.5 Å². The van der Waals surface area contributed by atoms with E-state index in [-0.39, 0.29) is 11.5 Å². The summed E-state index contributed by atoms with van der Waals surface area (Å²) in [5.74, 6) is 0.540. The van der Waals surface area contributed by atoms with Crippen LogP contribution in [0.4, 0.5) is 10.1 Å². The molecule has 1 heterocycles. The Bertz CT molecular complexity index is 510. The molecule has 0 saturated heterocycles. The van der Waals surface area contributed by atoms with Gasteiger partial charge in [-0.2, -0.15) is 5.10 Å². The number of nitrogen functional groups attached to an aromatic ring is 1. The molecule has 1 aromatic carbocycles. The molecule has 0 aliphatic carbocycles. The summed E-state index contributed by atoms with van der Waals surface area (Å²) in [5, 5.41) is 4.10. The van der Waals surface area contributed by atoms with Gasteiger partial charge in [0.1, 0.15) is 5.82 Å². The van der Waals surface area contributed by atoms with Crippen LogP contribution in [0.3, 0.4) is 0 Å². The monoisotopic (exact) mass is 251 g/mol. The second kappa shape index (κ2) is 5.23. The molecule has 0 atom stereocenters. The van der Waals surface area contributed by atoms with Gasteiger partial charge in [0.15, 0.2) is 0 Å². The van der Waals surface area contributed by atoms with Crippen molar-refractivity contribution in [1.29, 1.82) is 0 Å². The summed E-state index contributed by atoms with van der Waals surface area (Å²) < 4.78 is 15.0. The van der Waals surface area contributed by atoms with E-state index in [0.29, 0.717) is 0 Å². The number of nitrogens with zero attached hydrogens (tertiary/aromatic N) is 2. The summed E-state index contributed by atoms with van der Waals surface area (Å²) in [7, 11) is 1.92. The van der Waals surface area contributed by atoms with E-state index in [1.54, 1.807) is 24.0 Å². The van der Waals surface area contributed by atoms with Crippen LogP contribution in [0.5, 0.6) is 0 Å². The molecule has 0 unspecified atom stereocenters. The van der Waals surface area contributed by atoms with Crippen molar-refractivity contribution < 1.29 is 4.39 Å². The Morgan fingerprint density at radius 3 is 2.88 bits per heavy atom. The molecule has 0 fully saturated rings. The molecule has 90 valence electrons. The first kappa shape index (κ1) is 12.0. The standard InChI is InChI=1S/C12H14FN3S/c1-16-9(4-6-15-16)5-7-17-10-2-3-12(14)11(13)8-10/h2-4,6,8H,5,7,14H2,1H3. The van der Waals surface area contributed by atoms with Crippen molar-refractivity contribution in [2.75, 3.05) is 11.5 Å². The van der Waals surface area contributed by atoms with Gasteiger partial charge in [0.05, 0.1) is 5.69 Å². The van der Waals surface area contributed by atoms with Crippen molar-refractivity contribution in [3.05, 3.63) is 42.0 Å². The van der Waals surface area contributed by atoms with Crippen molar-refractivity contribution in [3.8, 4) is 0 Å². The molecule has 0 spiro atoms.